The van der Waals surface area contributed by atoms with E-state index in [1.807, 2.05) is 6.07 Å². The zero-order valence-electron chi connectivity index (χ0n) is 13.8. The first-order chi connectivity index (χ1) is 11.9. The molecule has 1 aliphatic heterocycles. The molecule has 0 radical (unpaired) electrons. The molecular weight excluding hydrogens is 326 g/mol. The monoisotopic (exact) mass is 349 g/mol. The lowest BCUT2D eigenvalue weighted by atomic mass is 10.1. The van der Waals surface area contributed by atoms with Crippen molar-refractivity contribution in [3.8, 4) is 0 Å². The van der Waals surface area contributed by atoms with E-state index in [9.17, 15) is 19.5 Å². The van der Waals surface area contributed by atoms with Crippen molar-refractivity contribution in [2.45, 2.75) is 37.4 Å². The second-order valence-corrected chi connectivity index (χ2v) is 6.07. The normalized spacial score (nSPS) is 19.3. The number of hydrogen-bond donors (Lipinski definition) is 4. The highest BCUT2D eigenvalue weighted by molar-refractivity contribution is 5.92. The van der Waals surface area contributed by atoms with Gasteiger partial charge in [0.2, 0.25) is 11.8 Å². The molecule has 0 bridgehead atoms. The zero-order chi connectivity index (χ0) is 18.4. The van der Waals surface area contributed by atoms with E-state index >= 15 is 0 Å². The Hall–Kier alpha value is -2.45. The lowest BCUT2D eigenvalue weighted by Gasteiger charge is -2.27. The van der Waals surface area contributed by atoms with Crippen LogP contribution in [0.25, 0.3) is 0 Å². The fourth-order valence-electron chi connectivity index (χ4n) is 2.91. The number of likely N-dealkylation sites (tertiary alicyclic amines) is 1. The van der Waals surface area contributed by atoms with E-state index in [-0.39, 0.29) is 6.42 Å². The van der Waals surface area contributed by atoms with Crippen LogP contribution in [0.1, 0.15) is 18.4 Å². The van der Waals surface area contributed by atoms with Crippen LogP contribution in [0.4, 0.5) is 0 Å². The maximum atomic E-state index is 12.5. The number of carboxylic acids is 1. The highest BCUT2D eigenvalue weighted by Crippen LogP contribution is 2.18. The van der Waals surface area contributed by atoms with Gasteiger partial charge < -0.3 is 26.2 Å². The first kappa shape index (κ1) is 18.9. The van der Waals surface area contributed by atoms with E-state index < -0.39 is 42.5 Å². The van der Waals surface area contributed by atoms with E-state index in [1.165, 1.54) is 4.90 Å². The number of nitrogens with two attached hydrogens (primary N) is 1. The first-order valence-electron chi connectivity index (χ1n) is 8.18. The molecule has 3 unspecified atom stereocenters. The first-order valence-corrected chi connectivity index (χ1v) is 8.18. The summed E-state index contributed by atoms with van der Waals surface area (Å²) in [5.74, 6) is -2.16. The van der Waals surface area contributed by atoms with Crippen molar-refractivity contribution in [2.24, 2.45) is 5.73 Å². The number of hydrogen-bond acceptors (Lipinski definition) is 5. The van der Waals surface area contributed by atoms with Crippen LogP contribution in [-0.2, 0) is 20.8 Å². The summed E-state index contributed by atoms with van der Waals surface area (Å²) in [6, 6.07) is 6.06. The molecule has 3 atom stereocenters. The molecule has 25 heavy (non-hydrogen) atoms. The molecule has 8 heteroatoms. The molecule has 0 saturated carbocycles. The minimum absolute atomic E-state index is 0.152. The highest BCUT2D eigenvalue weighted by atomic mass is 16.4. The summed E-state index contributed by atoms with van der Waals surface area (Å²) in [5.41, 5.74) is 6.33. The Labute approximate surface area is 145 Å². The third kappa shape index (κ3) is 4.77. The Morgan fingerprint density at radius 2 is 1.96 bits per heavy atom. The quantitative estimate of drug-likeness (QED) is 0.505. The Balaban J connectivity index is 2.04. The standard InChI is InChI=1S/C17H23N3O5/c18-12(10-21)16(23)20-8-4-7-14(20)15(22)19-13(17(24)25)9-11-5-2-1-3-6-11/h1-3,5-6,12-14,21H,4,7-10,18H2,(H,19,22)(H,24,25). The van der Waals surface area contributed by atoms with Gasteiger partial charge in [-0.1, -0.05) is 30.3 Å². The average Bonchev–Trinajstić information content (AvgIpc) is 3.10. The molecular formula is C17H23N3O5. The van der Waals surface area contributed by atoms with Gasteiger partial charge in [0, 0.05) is 13.0 Å². The molecule has 1 aromatic carbocycles. The van der Waals surface area contributed by atoms with E-state index in [0.717, 1.165) is 5.56 Å². The fourth-order valence-corrected chi connectivity index (χ4v) is 2.91. The van der Waals surface area contributed by atoms with Gasteiger partial charge in [0.1, 0.15) is 18.1 Å². The van der Waals surface area contributed by atoms with Crippen LogP contribution in [0.15, 0.2) is 30.3 Å². The molecule has 0 aliphatic carbocycles. The summed E-state index contributed by atoms with van der Waals surface area (Å²) in [6.07, 6.45) is 1.21. The van der Waals surface area contributed by atoms with Gasteiger partial charge in [0.15, 0.2) is 0 Å². The van der Waals surface area contributed by atoms with E-state index in [2.05, 4.69) is 5.32 Å². The third-order valence-electron chi connectivity index (χ3n) is 4.25. The van der Waals surface area contributed by atoms with E-state index in [4.69, 9.17) is 10.8 Å². The van der Waals surface area contributed by atoms with Crippen LogP contribution in [0.5, 0.6) is 0 Å². The number of amides is 2. The number of carbonyl (C=O) groups is 3. The van der Waals surface area contributed by atoms with Gasteiger partial charge in [-0.3, -0.25) is 9.59 Å². The maximum Gasteiger partial charge on any atom is 0.326 e. The number of nitrogens with one attached hydrogen (secondary N) is 1. The molecule has 1 aromatic rings. The summed E-state index contributed by atoms with van der Waals surface area (Å²) in [7, 11) is 0. The zero-order valence-corrected chi connectivity index (χ0v) is 13.8. The van der Waals surface area contributed by atoms with Gasteiger partial charge in [-0.2, -0.15) is 0 Å². The number of aliphatic hydroxyl groups excluding tert-OH is 1. The predicted molar refractivity (Wildman–Crippen MR) is 89.5 cm³/mol. The molecule has 5 N–H and O–H groups in total. The highest BCUT2D eigenvalue weighted by Gasteiger charge is 2.37. The maximum absolute atomic E-state index is 12.5. The van der Waals surface area contributed by atoms with Gasteiger partial charge in [-0.05, 0) is 18.4 Å². The smallest absolute Gasteiger partial charge is 0.326 e. The van der Waals surface area contributed by atoms with Gasteiger partial charge in [-0.15, -0.1) is 0 Å². The fraction of sp³-hybridized carbons (Fsp3) is 0.471. The van der Waals surface area contributed by atoms with Gasteiger partial charge in [0.05, 0.1) is 6.61 Å². The van der Waals surface area contributed by atoms with Gasteiger partial charge in [-0.25, -0.2) is 4.79 Å². The molecule has 8 nitrogen and oxygen atoms in total. The number of aliphatic hydroxyl groups is 1. The van der Waals surface area contributed by atoms with E-state index in [0.29, 0.717) is 19.4 Å². The predicted octanol–water partition coefficient (Wildman–Crippen LogP) is -0.891. The van der Waals surface area contributed by atoms with E-state index in [1.54, 1.807) is 24.3 Å². The molecule has 2 rings (SSSR count). The Kier molecular flexibility index (Phi) is 6.49. The van der Waals surface area contributed by atoms with Crippen molar-refractivity contribution < 1.29 is 24.6 Å². The molecule has 1 aliphatic rings. The van der Waals surface area contributed by atoms with Crippen molar-refractivity contribution in [3.63, 3.8) is 0 Å². The SMILES string of the molecule is NC(CO)C(=O)N1CCCC1C(=O)NC(Cc1ccccc1)C(=O)O. The summed E-state index contributed by atoms with van der Waals surface area (Å²) in [6.45, 7) is -0.142. The second-order valence-electron chi connectivity index (χ2n) is 6.07. The largest absolute Gasteiger partial charge is 0.480 e. The van der Waals surface area contributed by atoms with Crippen molar-refractivity contribution in [3.05, 3.63) is 35.9 Å². The minimum atomic E-state index is -1.14. The van der Waals surface area contributed by atoms with Crippen molar-refractivity contribution in [2.75, 3.05) is 13.2 Å². The summed E-state index contributed by atoms with van der Waals surface area (Å²) >= 11 is 0. The van der Waals surface area contributed by atoms with Crippen LogP contribution < -0.4 is 11.1 Å². The minimum Gasteiger partial charge on any atom is -0.480 e. The Morgan fingerprint density at radius 1 is 1.28 bits per heavy atom. The Morgan fingerprint density at radius 3 is 2.56 bits per heavy atom. The second kappa shape index (κ2) is 8.59. The summed E-state index contributed by atoms with van der Waals surface area (Å²) in [4.78, 5) is 37.4. The number of carbonyl (C=O) groups excluding carboxylic acids is 2. The molecule has 0 spiro atoms. The number of aliphatic carboxylic acids is 1. The third-order valence-corrected chi connectivity index (χ3v) is 4.25. The van der Waals surface area contributed by atoms with Gasteiger partial charge in [0.25, 0.3) is 0 Å². The molecule has 136 valence electrons. The average molecular weight is 349 g/mol. The molecule has 1 saturated heterocycles. The Bertz CT molecular complexity index is 622. The van der Waals surface area contributed by atoms with Crippen LogP contribution in [-0.4, -0.2) is 64.2 Å². The molecule has 1 heterocycles. The molecule has 1 fully saturated rings. The molecule has 0 aromatic heterocycles. The summed E-state index contributed by atoms with van der Waals surface area (Å²) < 4.78 is 0. The van der Waals surface area contributed by atoms with Crippen molar-refractivity contribution >= 4 is 17.8 Å². The van der Waals surface area contributed by atoms with Gasteiger partial charge >= 0.3 is 5.97 Å². The van der Waals surface area contributed by atoms with Crippen molar-refractivity contribution in [1.82, 2.24) is 10.2 Å². The number of benzene rings is 1. The van der Waals surface area contributed by atoms with Crippen LogP contribution in [0.2, 0.25) is 0 Å². The topological polar surface area (TPSA) is 133 Å². The number of nitrogens with zero attached hydrogens (tertiary/aromatic N) is 1. The van der Waals surface area contributed by atoms with Crippen molar-refractivity contribution in [1.29, 1.82) is 0 Å². The number of carboxylic acid groups (broad SMARTS) is 1. The van der Waals surface area contributed by atoms with Crippen LogP contribution in [0.3, 0.4) is 0 Å². The van der Waals surface area contributed by atoms with Crippen LogP contribution in [0, 0.1) is 0 Å². The number of rotatable bonds is 7. The summed E-state index contributed by atoms with van der Waals surface area (Å²) in [5, 5.41) is 20.9. The molecule has 2 amide bonds. The van der Waals surface area contributed by atoms with Crippen LogP contribution >= 0.6 is 0 Å². The lowest BCUT2D eigenvalue weighted by Crippen LogP contribution is -2.54. The lowest BCUT2D eigenvalue weighted by molar-refractivity contribution is -0.144.